The molecule has 2 aromatic carbocycles. The first-order valence-electron chi connectivity index (χ1n) is 8.10. The van der Waals surface area contributed by atoms with Gasteiger partial charge in [0.15, 0.2) is 5.65 Å². The van der Waals surface area contributed by atoms with Gasteiger partial charge < -0.3 is 9.84 Å². The summed E-state index contributed by atoms with van der Waals surface area (Å²) in [6, 6.07) is 15.0. The number of hydrogen-bond donors (Lipinski definition) is 1. The van der Waals surface area contributed by atoms with Crippen LogP contribution < -0.4 is 4.74 Å². The molecule has 5 heteroatoms. The summed E-state index contributed by atoms with van der Waals surface area (Å²) in [4.78, 5) is 8.92. The quantitative estimate of drug-likeness (QED) is 0.610. The third kappa shape index (κ3) is 2.92. The molecule has 2 heterocycles. The molecule has 4 aromatic rings. The lowest BCUT2D eigenvalue weighted by molar-refractivity contribution is 0.340. The summed E-state index contributed by atoms with van der Waals surface area (Å²) in [6.45, 7) is 2.59. The Kier molecular flexibility index (Phi) is 3.82. The summed E-state index contributed by atoms with van der Waals surface area (Å²) in [6.07, 6.45) is 5.48. The minimum absolute atomic E-state index is 0.228. The molecular weight excluding hydrogens is 314 g/mol. The number of fused-ring (bicyclic) bond motifs is 1. The van der Waals surface area contributed by atoms with E-state index in [2.05, 4.69) is 9.97 Å². The van der Waals surface area contributed by atoms with Gasteiger partial charge in [0.1, 0.15) is 11.5 Å². The highest BCUT2D eigenvalue weighted by atomic mass is 16.5. The number of nitrogens with zero attached hydrogens (tertiary/aromatic N) is 3. The Morgan fingerprint density at radius 2 is 1.84 bits per heavy atom. The van der Waals surface area contributed by atoms with Crippen molar-refractivity contribution < 1.29 is 9.84 Å². The minimum Gasteiger partial charge on any atom is -0.508 e. The predicted octanol–water partition coefficient (Wildman–Crippen LogP) is 4.17. The van der Waals surface area contributed by atoms with Crippen LogP contribution in [-0.2, 0) is 0 Å². The van der Waals surface area contributed by atoms with Crippen molar-refractivity contribution in [2.45, 2.75) is 6.92 Å². The van der Waals surface area contributed by atoms with E-state index in [-0.39, 0.29) is 5.75 Å². The van der Waals surface area contributed by atoms with Gasteiger partial charge >= 0.3 is 0 Å². The van der Waals surface area contributed by atoms with E-state index in [0.717, 1.165) is 33.9 Å². The highest BCUT2D eigenvalue weighted by Crippen LogP contribution is 2.27. The van der Waals surface area contributed by atoms with Crippen molar-refractivity contribution in [1.29, 1.82) is 0 Å². The maximum Gasteiger partial charge on any atom is 0.155 e. The number of aromatic hydroxyl groups is 1. The van der Waals surface area contributed by atoms with Crippen LogP contribution in [0.15, 0.2) is 67.1 Å². The number of hydrogen-bond acceptors (Lipinski definition) is 4. The van der Waals surface area contributed by atoms with Crippen molar-refractivity contribution in [3.05, 3.63) is 67.1 Å². The number of phenols is 1. The van der Waals surface area contributed by atoms with Crippen LogP contribution in [0.5, 0.6) is 11.5 Å². The lowest BCUT2D eigenvalue weighted by Gasteiger charge is -2.07. The van der Waals surface area contributed by atoms with Crippen molar-refractivity contribution in [3.8, 4) is 34.0 Å². The van der Waals surface area contributed by atoms with Gasteiger partial charge in [-0.15, -0.1) is 0 Å². The SMILES string of the molecule is CCOc1cccc(-c2cn3c(-c4cccc(O)c4)cnc3cn2)c1. The highest BCUT2D eigenvalue weighted by Gasteiger charge is 2.09. The average Bonchev–Trinajstić information content (AvgIpc) is 3.05. The summed E-state index contributed by atoms with van der Waals surface area (Å²) >= 11 is 0. The average molecular weight is 331 g/mol. The Morgan fingerprint density at radius 3 is 2.68 bits per heavy atom. The maximum absolute atomic E-state index is 9.74. The van der Waals surface area contributed by atoms with Gasteiger partial charge in [-0.05, 0) is 31.2 Å². The normalized spacial score (nSPS) is 10.9. The van der Waals surface area contributed by atoms with Crippen molar-refractivity contribution in [2.24, 2.45) is 0 Å². The number of imidazole rings is 1. The summed E-state index contributed by atoms with van der Waals surface area (Å²) < 4.78 is 7.55. The summed E-state index contributed by atoms with van der Waals surface area (Å²) in [5.41, 5.74) is 4.35. The van der Waals surface area contributed by atoms with Crippen LogP contribution in [0.3, 0.4) is 0 Å². The largest absolute Gasteiger partial charge is 0.508 e. The number of benzene rings is 2. The fraction of sp³-hybridized carbons (Fsp3) is 0.100. The second-order valence-electron chi connectivity index (χ2n) is 5.66. The van der Waals surface area contributed by atoms with Crippen LogP contribution in [0.4, 0.5) is 0 Å². The second kappa shape index (κ2) is 6.28. The summed E-state index contributed by atoms with van der Waals surface area (Å²) in [7, 11) is 0. The van der Waals surface area contributed by atoms with Gasteiger partial charge in [0.05, 0.1) is 30.4 Å². The molecule has 0 fully saturated rings. The van der Waals surface area contributed by atoms with Crippen LogP contribution >= 0.6 is 0 Å². The molecule has 0 aliphatic heterocycles. The zero-order valence-corrected chi connectivity index (χ0v) is 13.8. The molecule has 0 bridgehead atoms. The van der Waals surface area contributed by atoms with E-state index in [1.54, 1.807) is 24.5 Å². The molecule has 4 rings (SSSR count). The number of aromatic nitrogens is 3. The van der Waals surface area contributed by atoms with E-state index in [1.165, 1.54) is 0 Å². The van der Waals surface area contributed by atoms with E-state index in [9.17, 15) is 5.11 Å². The Labute approximate surface area is 145 Å². The Morgan fingerprint density at radius 1 is 1.00 bits per heavy atom. The third-order valence-electron chi connectivity index (χ3n) is 3.98. The van der Waals surface area contributed by atoms with E-state index in [1.807, 2.05) is 53.9 Å². The van der Waals surface area contributed by atoms with E-state index in [4.69, 9.17) is 4.74 Å². The van der Waals surface area contributed by atoms with Gasteiger partial charge in [-0.3, -0.25) is 9.38 Å². The first-order chi connectivity index (χ1) is 12.2. The number of rotatable bonds is 4. The van der Waals surface area contributed by atoms with E-state index >= 15 is 0 Å². The van der Waals surface area contributed by atoms with E-state index < -0.39 is 0 Å². The zero-order valence-electron chi connectivity index (χ0n) is 13.8. The van der Waals surface area contributed by atoms with E-state index in [0.29, 0.717) is 6.61 Å². The smallest absolute Gasteiger partial charge is 0.155 e. The standard InChI is InChI=1S/C20H17N3O2/c1-2-25-17-8-4-5-14(10-17)18-13-23-19(11-22-20(23)12-21-18)15-6-3-7-16(24)9-15/h3-13,24H,2H2,1H3. The topological polar surface area (TPSA) is 59.7 Å². The summed E-state index contributed by atoms with van der Waals surface area (Å²) in [5.74, 6) is 1.05. The molecule has 124 valence electrons. The molecule has 0 saturated heterocycles. The monoisotopic (exact) mass is 331 g/mol. The van der Waals surface area contributed by atoms with Crippen LogP contribution in [0.25, 0.3) is 28.2 Å². The first-order valence-corrected chi connectivity index (χ1v) is 8.10. The van der Waals surface area contributed by atoms with Gasteiger partial charge in [-0.25, -0.2) is 4.98 Å². The number of phenolic OH excluding ortho intramolecular Hbond substituents is 1. The molecule has 1 N–H and O–H groups in total. The lowest BCUT2D eigenvalue weighted by atomic mass is 10.1. The molecular formula is C20H17N3O2. The Bertz CT molecular complexity index is 1040. The molecule has 0 aliphatic carbocycles. The zero-order chi connectivity index (χ0) is 17.2. The van der Waals surface area contributed by atoms with Crippen molar-refractivity contribution in [1.82, 2.24) is 14.4 Å². The fourth-order valence-electron chi connectivity index (χ4n) is 2.83. The molecule has 0 saturated carbocycles. The lowest BCUT2D eigenvalue weighted by Crippen LogP contribution is -1.94. The van der Waals surface area contributed by atoms with Crippen molar-refractivity contribution >= 4 is 5.65 Å². The number of ether oxygens (including phenoxy) is 1. The van der Waals surface area contributed by atoms with Gasteiger partial charge in [0.25, 0.3) is 0 Å². The summed E-state index contributed by atoms with van der Waals surface area (Å²) in [5, 5.41) is 9.74. The first kappa shape index (κ1) is 15.2. The molecule has 5 nitrogen and oxygen atoms in total. The molecule has 2 aromatic heterocycles. The molecule has 0 atom stereocenters. The van der Waals surface area contributed by atoms with Crippen LogP contribution in [0.1, 0.15) is 6.92 Å². The molecule has 25 heavy (non-hydrogen) atoms. The maximum atomic E-state index is 9.74. The van der Waals surface area contributed by atoms with Crippen molar-refractivity contribution in [2.75, 3.05) is 6.61 Å². The Balaban J connectivity index is 1.82. The fourth-order valence-corrected chi connectivity index (χ4v) is 2.83. The molecule has 0 spiro atoms. The van der Waals surface area contributed by atoms with Crippen LogP contribution in [-0.4, -0.2) is 26.1 Å². The van der Waals surface area contributed by atoms with Gasteiger partial charge in [-0.1, -0.05) is 24.3 Å². The second-order valence-corrected chi connectivity index (χ2v) is 5.66. The predicted molar refractivity (Wildman–Crippen MR) is 96.7 cm³/mol. The van der Waals surface area contributed by atoms with Crippen LogP contribution in [0, 0.1) is 0 Å². The van der Waals surface area contributed by atoms with Crippen molar-refractivity contribution in [3.63, 3.8) is 0 Å². The van der Waals surface area contributed by atoms with Gasteiger partial charge in [0, 0.05) is 17.3 Å². The van der Waals surface area contributed by atoms with Gasteiger partial charge in [-0.2, -0.15) is 0 Å². The molecule has 0 amide bonds. The van der Waals surface area contributed by atoms with Gasteiger partial charge in [0.2, 0.25) is 0 Å². The van der Waals surface area contributed by atoms with Crippen LogP contribution in [0.2, 0.25) is 0 Å². The highest BCUT2D eigenvalue weighted by molar-refractivity contribution is 5.67. The third-order valence-corrected chi connectivity index (χ3v) is 3.98. The molecule has 0 radical (unpaired) electrons. The minimum atomic E-state index is 0.228. The molecule has 0 unspecified atom stereocenters. The Hall–Kier alpha value is -3.34. The molecule has 0 aliphatic rings.